The Bertz CT molecular complexity index is 521. The second-order valence-electron chi connectivity index (χ2n) is 4.59. The summed E-state index contributed by atoms with van der Waals surface area (Å²) in [5, 5.41) is 5.66. The Hall–Kier alpha value is -1.32. The molecule has 0 aliphatic carbocycles. The van der Waals surface area contributed by atoms with Crippen molar-refractivity contribution in [1.29, 1.82) is 0 Å². The first-order valence-corrected chi connectivity index (χ1v) is 7.53. The highest BCUT2D eigenvalue weighted by Gasteiger charge is 2.17. The van der Waals surface area contributed by atoms with Gasteiger partial charge in [-0.1, -0.05) is 31.2 Å². The molecule has 102 valence electrons. The van der Waals surface area contributed by atoms with Gasteiger partial charge in [-0.15, -0.1) is 11.3 Å². The molecular weight excluding hydrogens is 254 g/mol. The van der Waals surface area contributed by atoms with E-state index in [2.05, 4.69) is 48.8 Å². The third kappa shape index (κ3) is 3.37. The van der Waals surface area contributed by atoms with Gasteiger partial charge in [0.2, 0.25) is 0 Å². The molecule has 0 amide bonds. The summed E-state index contributed by atoms with van der Waals surface area (Å²) in [4.78, 5) is 1.28. The molecule has 2 rings (SSSR count). The van der Waals surface area contributed by atoms with Gasteiger partial charge in [0.15, 0.2) is 0 Å². The number of ether oxygens (including phenoxy) is 1. The maximum absolute atomic E-state index is 5.45. The molecule has 2 nitrogen and oxygen atoms in total. The summed E-state index contributed by atoms with van der Waals surface area (Å²) in [6.45, 7) is 5.27. The highest BCUT2D eigenvalue weighted by atomic mass is 32.1. The third-order valence-corrected chi connectivity index (χ3v) is 4.34. The topological polar surface area (TPSA) is 21.3 Å². The smallest absolute Gasteiger partial charge is 0.134 e. The zero-order chi connectivity index (χ0) is 13.7. The number of aryl methyl sites for hydroxylation is 1. The summed E-state index contributed by atoms with van der Waals surface area (Å²) in [6, 6.07) is 10.9. The number of benzene rings is 1. The molecule has 0 bridgehead atoms. The molecule has 0 spiro atoms. The second kappa shape index (κ2) is 6.73. The van der Waals surface area contributed by atoms with E-state index >= 15 is 0 Å². The molecule has 0 aliphatic rings. The van der Waals surface area contributed by atoms with Crippen molar-refractivity contribution in [3.05, 3.63) is 51.7 Å². The van der Waals surface area contributed by atoms with E-state index < -0.39 is 0 Å². The fourth-order valence-electron chi connectivity index (χ4n) is 2.29. The molecule has 3 heteroatoms. The predicted octanol–water partition coefficient (Wildman–Crippen LogP) is 3.96. The van der Waals surface area contributed by atoms with Gasteiger partial charge in [0.25, 0.3) is 0 Å². The van der Waals surface area contributed by atoms with E-state index in [-0.39, 0.29) is 0 Å². The lowest BCUT2D eigenvalue weighted by molar-refractivity contribution is 0.403. The molecule has 2 aromatic rings. The molecular formula is C16H21NOS. The quantitative estimate of drug-likeness (QED) is 0.861. The zero-order valence-electron chi connectivity index (χ0n) is 11.8. The molecule has 1 unspecified atom stereocenters. The van der Waals surface area contributed by atoms with Crippen molar-refractivity contribution in [3.8, 4) is 5.75 Å². The summed E-state index contributed by atoms with van der Waals surface area (Å²) in [6.07, 6.45) is 0.997. The van der Waals surface area contributed by atoms with E-state index in [9.17, 15) is 0 Å². The number of thiophene rings is 1. The van der Waals surface area contributed by atoms with Gasteiger partial charge < -0.3 is 10.1 Å². The molecule has 19 heavy (non-hydrogen) atoms. The van der Waals surface area contributed by atoms with Gasteiger partial charge in [0.05, 0.1) is 12.0 Å². The van der Waals surface area contributed by atoms with Gasteiger partial charge in [0, 0.05) is 6.04 Å². The van der Waals surface area contributed by atoms with Crippen LogP contribution in [-0.4, -0.2) is 13.7 Å². The first-order chi connectivity index (χ1) is 9.26. The van der Waals surface area contributed by atoms with E-state index in [1.165, 1.54) is 16.0 Å². The standard InChI is InChI=1S/C16H21NOS/c1-4-17-14(16-15(18-3)9-10-19-16)11-13-8-6-5-7-12(13)2/h5-10,14,17H,4,11H2,1-3H3. The highest BCUT2D eigenvalue weighted by Crippen LogP contribution is 2.33. The van der Waals surface area contributed by atoms with Crippen LogP contribution in [0.4, 0.5) is 0 Å². The largest absolute Gasteiger partial charge is 0.496 e. The Morgan fingerprint density at radius 1 is 1.26 bits per heavy atom. The van der Waals surface area contributed by atoms with Crippen LogP contribution in [0.25, 0.3) is 0 Å². The van der Waals surface area contributed by atoms with Crippen LogP contribution in [0.1, 0.15) is 29.0 Å². The second-order valence-corrected chi connectivity index (χ2v) is 5.54. The third-order valence-electron chi connectivity index (χ3n) is 3.33. The van der Waals surface area contributed by atoms with E-state index in [4.69, 9.17) is 4.74 Å². The van der Waals surface area contributed by atoms with Crippen molar-refractivity contribution in [2.24, 2.45) is 0 Å². The number of methoxy groups -OCH3 is 1. The van der Waals surface area contributed by atoms with E-state index in [0.717, 1.165) is 18.7 Å². The number of hydrogen-bond acceptors (Lipinski definition) is 3. The van der Waals surface area contributed by atoms with Gasteiger partial charge >= 0.3 is 0 Å². The molecule has 1 heterocycles. The van der Waals surface area contributed by atoms with Crippen LogP contribution in [0, 0.1) is 6.92 Å². The fraction of sp³-hybridized carbons (Fsp3) is 0.375. The van der Waals surface area contributed by atoms with Crippen LogP contribution >= 0.6 is 11.3 Å². The average molecular weight is 275 g/mol. The Labute approximate surface area is 119 Å². The minimum absolute atomic E-state index is 0.320. The molecule has 1 aromatic heterocycles. The Morgan fingerprint density at radius 2 is 2.05 bits per heavy atom. The predicted molar refractivity (Wildman–Crippen MR) is 82.2 cm³/mol. The van der Waals surface area contributed by atoms with E-state index in [0.29, 0.717) is 6.04 Å². The molecule has 1 aromatic carbocycles. The molecule has 1 atom stereocenters. The van der Waals surface area contributed by atoms with Gasteiger partial charge in [0.1, 0.15) is 5.75 Å². The first kappa shape index (κ1) is 14.1. The summed E-state index contributed by atoms with van der Waals surface area (Å²) in [5.74, 6) is 0.990. The highest BCUT2D eigenvalue weighted by molar-refractivity contribution is 7.10. The molecule has 0 saturated heterocycles. The Balaban J connectivity index is 2.24. The van der Waals surface area contributed by atoms with Crippen molar-refractivity contribution < 1.29 is 4.74 Å². The number of likely N-dealkylation sites (N-methyl/N-ethyl adjacent to an activating group) is 1. The number of rotatable bonds is 6. The van der Waals surface area contributed by atoms with Crippen LogP contribution in [0.5, 0.6) is 5.75 Å². The van der Waals surface area contributed by atoms with Crippen molar-refractivity contribution in [3.63, 3.8) is 0 Å². The average Bonchev–Trinajstić information content (AvgIpc) is 2.89. The van der Waals surface area contributed by atoms with Crippen molar-refractivity contribution in [2.75, 3.05) is 13.7 Å². The lowest BCUT2D eigenvalue weighted by atomic mass is 10.00. The number of hydrogen-bond donors (Lipinski definition) is 1. The summed E-state index contributed by atoms with van der Waals surface area (Å²) in [7, 11) is 1.74. The summed E-state index contributed by atoms with van der Waals surface area (Å²) < 4.78 is 5.45. The zero-order valence-corrected chi connectivity index (χ0v) is 12.6. The molecule has 0 aliphatic heterocycles. The van der Waals surface area contributed by atoms with Gasteiger partial charge in [-0.25, -0.2) is 0 Å². The van der Waals surface area contributed by atoms with Crippen molar-refractivity contribution in [2.45, 2.75) is 26.3 Å². The minimum Gasteiger partial charge on any atom is -0.496 e. The maximum atomic E-state index is 5.45. The van der Waals surface area contributed by atoms with Gasteiger partial charge in [-0.3, -0.25) is 0 Å². The van der Waals surface area contributed by atoms with Crippen LogP contribution in [0.2, 0.25) is 0 Å². The molecule has 0 fully saturated rings. The number of nitrogens with one attached hydrogen (secondary N) is 1. The van der Waals surface area contributed by atoms with Crippen molar-refractivity contribution >= 4 is 11.3 Å². The first-order valence-electron chi connectivity index (χ1n) is 6.65. The normalized spacial score (nSPS) is 12.4. The van der Waals surface area contributed by atoms with Crippen LogP contribution in [0.15, 0.2) is 35.7 Å². The molecule has 1 N–H and O–H groups in total. The van der Waals surface area contributed by atoms with E-state index in [1.807, 2.05) is 6.07 Å². The van der Waals surface area contributed by atoms with Crippen LogP contribution < -0.4 is 10.1 Å². The monoisotopic (exact) mass is 275 g/mol. The molecule has 0 radical (unpaired) electrons. The van der Waals surface area contributed by atoms with E-state index in [1.54, 1.807) is 18.4 Å². The maximum Gasteiger partial charge on any atom is 0.134 e. The van der Waals surface area contributed by atoms with Crippen LogP contribution in [-0.2, 0) is 6.42 Å². The van der Waals surface area contributed by atoms with Crippen molar-refractivity contribution in [1.82, 2.24) is 5.32 Å². The summed E-state index contributed by atoms with van der Waals surface area (Å²) >= 11 is 1.76. The Morgan fingerprint density at radius 3 is 2.74 bits per heavy atom. The van der Waals surface area contributed by atoms with Crippen LogP contribution in [0.3, 0.4) is 0 Å². The molecule has 0 saturated carbocycles. The van der Waals surface area contributed by atoms with Gasteiger partial charge in [-0.05, 0) is 42.5 Å². The summed E-state index contributed by atoms with van der Waals surface area (Å²) in [5.41, 5.74) is 2.74. The minimum atomic E-state index is 0.320. The SMILES string of the molecule is CCNC(Cc1ccccc1C)c1sccc1OC. The van der Waals surface area contributed by atoms with Gasteiger partial charge in [-0.2, -0.15) is 0 Å². The Kier molecular flexibility index (Phi) is 5.00. The fourth-order valence-corrected chi connectivity index (χ4v) is 3.23. The lowest BCUT2D eigenvalue weighted by Gasteiger charge is -2.19. The lowest BCUT2D eigenvalue weighted by Crippen LogP contribution is -2.22.